The van der Waals surface area contributed by atoms with Crippen LogP contribution in [0.15, 0.2) is 6.07 Å². The Morgan fingerprint density at radius 2 is 2.16 bits per heavy atom. The molecule has 1 N–H and O–H groups in total. The van der Waals surface area contributed by atoms with Crippen molar-refractivity contribution in [3.63, 3.8) is 0 Å². The van der Waals surface area contributed by atoms with E-state index in [1.54, 1.807) is 7.11 Å². The third-order valence-corrected chi connectivity index (χ3v) is 4.15. The molecular weight excluding hydrogens is 238 g/mol. The second-order valence-electron chi connectivity index (χ2n) is 5.60. The van der Waals surface area contributed by atoms with Gasteiger partial charge in [-0.05, 0) is 38.0 Å². The predicted molar refractivity (Wildman–Crippen MR) is 77.4 cm³/mol. The van der Waals surface area contributed by atoms with Crippen LogP contribution < -0.4 is 5.32 Å². The molecule has 4 heteroatoms. The fraction of sp³-hybridized carbons (Fsp3) is 0.733. The molecule has 4 nitrogen and oxygen atoms in total. The van der Waals surface area contributed by atoms with E-state index in [0.29, 0.717) is 5.41 Å². The standard InChI is InChI=1S/C15H25N3O/c1-4-13-10-14(18-12(2)17-13)16-11-15(6-5-7-15)8-9-19-3/h10H,4-9,11H2,1-3H3,(H,16,17,18). The topological polar surface area (TPSA) is 47.0 Å². The molecule has 0 aliphatic heterocycles. The van der Waals surface area contributed by atoms with Gasteiger partial charge in [-0.1, -0.05) is 13.3 Å². The number of hydrogen-bond donors (Lipinski definition) is 1. The van der Waals surface area contributed by atoms with Crippen LogP contribution in [0.3, 0.4) is 0 Å². The van der Waals surface area contributed by atoms with Gasteiger partial charge in [0.2, 0.25) is 0 Å². The zero-order valence-electron chi connectivity index (χ0n) is 12.3. The van der Waals surface area contributed by atoms with Crippen LogP contribution in [0.2, 0.25) is 0 Å². The number of aromatic nitrogens is 2. The summed E-state index contributed by atoms with van der Waals surface area (Å²) in [6.07, 6.45) is 6.03. The van der Waals surface area contributed by atoms with E-state index in [4.69, 9.17) is 4.74 Å². The molecule has 0 radical (unpaired) electrons. The Morgan fingerprint density at radius 1 is 1.37 bits per heavy atom. The number of nitrogens with one attached hydrogen (secondary N) is 1. The number of anilines is 1. The predicted octanol–water partition coefficient (Wildman–Crippen LogP) is 2.97. The van der Waals surface area contributed by atoms with Gasteiger partial charge in [-0.15, -0.1) is 0 Å². The van der Waals surface area contributed by atoms with E-state index in [1.807, 2.05) is 6.92 Å². The molecule has 0 unspecified atom stereocenters. The van der Waals surface area contributed by atoms with E-state index in [2.05, 4.69) is 28.3 Å². The van der Waals surface area contributed by atoms with Crippen LogP contribution >= 0.6 is 0 Å². The van der Waals surface area contributed by atoms with Gasteiger partial charge in [0, 0.05) is 32.0 Å². The van der Waals surface area contributed by atoms with E-state index < -0.39 is 0 Å². The summed E-state index contributed by atoms with van der Waals surface area (Å²) in [5.41, 5.74) is 1.52. The number of methoxy groups -OCH3 is 1. The lowest BCUT2D eigenvalue weighted by Crippen LogP contribution is -2.37. The molecule has 1 aromatic rings. The number of nitrogens with zero attached hydrogens (tertiary/aromatic N) is 2. The van der Waals surface area contributed by atoms with Crippen molar-refractivity contribution in [1.82, 2.24) is 9.97 Å². The van der Waals surface area contributed by atoms with Gasteiger partial charge in [-0.25, -0.2) is 9.97 Å². The van der Waals surface area contributed by atoms with Gasteiger partial charge in [0.1, 0.15) is 11.6 Å². The first-order valence-electron chi connectivity index (χ1n) is 7.25. The highest BCUT2D eigenvalue weighted by atomic mass is 16.5. The van der Waals surface area contributed by atoms with Crippen molar-refractivity contribution in [2.75, 3.05) is 25.6 Å². The molecule has 0 spiro atoms. The van der Waals surface area contributed by atoms with Crippen molar-refractivity contribution < 1.29 is 4.74 Å². The molecule has 0 saturated heterocycles. The van der Waals surface area contributed by atoms with Crippen molar-refractivity contribution in [3.05, 3.63) is 17.6 Å². The number of hydrogen-bond acceptors (Lipinski definition) is 4. The van der Waals surface area contributed by atoms with Gasteiger partial charge in [0.25, 0.3) is 0 Å². The number of ether oxygens (including phenoxy) is 1. The second-order valence-corrected chi connectivity index (χ2v) is 5.60. The normalized spacial score (nSPS) is 17.0. The van der Waals surface area contributed by atoms with Crippen molar-refractivity contribution in [2.45, 2.75) is 46.0 Å². The van der Waals surface area contributed by atoms with Gasteiger partial charge >= 0.3 is 0 Å². The van der Waals surface area contributed by atoms with Crippen LogP contribution in [0.25, 0.3) is 0 Å². The number of aryl methyl sites for hydroxylation is 2. The van der Waals surface area contributed by atoms with Crippen molar-refractivity contribution in [3.8, 4) is 0 Å². The highest BCUT2D eigenvalue weighted by molar-refractivity contribution is 5.36. The van der Waals surface area contributed by atoms with Crippen LogP contribution in [-0.2, 0) is 11.2 Å². The monoisotopic (exact) mass is 263 g/mol. The molecule has 1 aliphatic carbocycles. The first kappa shape index (κ1) is 14.3. The molecule has 0 amide bonds. The molecule has 2 rings (SSSR count). The summed E-state index contributed by atoms with van der Waals surface area (Å²) in [6, 6.07) is 2.07. The van der Waals surface area contributed by atoms with Crippen molar-refractivity contribution in [2.24, 2.45) is 5.41 Å². The van der Waals surface area contributed by atoms with Crippen molar-refractivity contribution >= 4 is 5.82 Å². The third kappa shape index (κ3) is 3.66. The Hall–Kier alpha value is -1.16. The van der Waals surface area contributed by atoms with Crippen LogP contribution in [0.4, 0.5) is 5.82 Å². The summed E-state index contributed by atoms with van der Waals surface area (Å²) in [5.74, 6) is 1.81. The van der Waals surface area contributed by atoms with E-state index in [0.717, 1.165) is 43.3 Å². The molecule has 1 fully saturated rings. The van der Waals surface area contributed by atoms with Gasteiger partial charge < -0.3 is 10.1 Å². The second kappa shape index (κ2) is 6.33. The average Bonchev–Trinajstić information content (AvgIpc) is 2.36. The molecule has 0 atom stereocenters. The quantitative estimate of drug-likeness (QED) is 0.821. The zero-order chi connectivity index (χ0) is 13.7. The van der Waals surface area contributed by atoms with Gasteiger partial charge in [-0.2, -0.15) is 0 Å². The van der Waals surface area contributed by atoms with E-state index >= 15 is 0 Å². The molecule has 1 saturated carbocycles. The van der Waals surface area contributed by atoms with Gasteiger partial charge in [0.15, 0.2) is 0 Å². The van der Waals surface area contributed by atoms with E-state index in [1.165, 1.54) is 19.3 Å². The maximum Gasteiger partial charge on any atom is 0.129 e. The summed E-state index contributed by atoms with van der Waals surface area (Å²) in [7, 11) is 1.78. The molecule has 1 aliphatic rings. The zero-order valence-corrected chi connectivity index (χ0v) is 12.3. The molecule has 0 bridgehead atoms. The summed E-state index contributed by atoms with van der Waals surface area (Å²) >= 11 is 0. The lowest BCUT2D eigenvalue weighted by Gasteiger charge is -2.42. The summed E-state index contributed by atoms with van der Waals surface area (Å²) in [4.78, 5) is 8.88. The average molecular weight is 263 g/mol. The van der Waals surface area contributed by atoms with Gasteiger partial charge in [0.05, 0.1) is 0 Å². The molecule has 1 aromatic heterocycles. The Balaban J connectivity index is 1.95. The Labute approximate surface area is 116 Å². The van der Waals surface area contributed by atoms with Crippen LogP contribution in [-0.4, -0.2) is 30.2 Å². The fourth-order valence-corrected chi connectivity index (χ4v) is 2.69. The minimum Gasteiger partial charge on any atom is -0.385 e. The smallest absolute Gasteiger partial charge is 0.129 e. The Bertz CT molecular complexity index is 416. The first-order chi connectivity index (χ1) is 9.17. The van der Waals surface area contributed by atoms with E-state index in [-0.39, 0.29) is 0 Å². The maximum absolute atomic E-state index is 5.23. The Kier molecular flexibility index (Phi) is 4.75. The fourth-order valence-electron chi connectivity index (χ4n) is 2.69. The minimum absolute atomic E-state index is 0.418. The summed E-state index contributed by atoms with van der Waals surface area (Å²) in [5, 5.41) is 3.51. The van der Waals surface area contributed by atoms with E-state index in [9.17, 15) is 0 Å². The first-order valence-corrected chi connectivity index (χ1v) is 7.25. The third-order valence-electron chi connectivity index (χ3n) is 4.15. The molecular formula is C15H25N3O. The molecule has 0 aromatic carbocycles. The SMILES string of the molecule is CCc1cc(NCC2(CCOC)CCC2)nc(C)n1. The van der Waals surface area contributed by atoms with Crippen LogP contribution in [0.5, 0.6) is 0 Å². The molecule has 1 heterocycles. The molecule has 106 valence electrons. The Morgan fingerprint density at radius 3 is 2.74 bits per heavy atom. The van der Waals surface area contributed by atoms with Gasteiger partial charge in [-0.3, -0.25) is 0 Å². The van der Waals surface area contributed by atoms with Crippen LogP contribution in [0.1, 0.15) is 44.1 Å². The lowest BCUT2D eigenvalue weighted by molar-refractivity contribution is 0.0812. The summed E-state index contributed by atoms with van der Waals surface area (Å²) < 4.78 is 5.23. The molecule has 19 heavy (non-hydrogen) atoms. The maximum atomic E-state index is 5.23. The van der Waals surface area contributed by atoms with Crippen LogP contribution in [0, 0.1) is 12.3 Å². The highest BCUT2D eigenvalue weighted by Gasteiger charge is 2.36. The minimum atomic E-state index is 0.418. The van der Waals surface area contributed by atoms with Crippen molar-refractivity contribution in [1.29, 1.82) is 0 Å². The summed E-state index contributed by atoms with van der Waals surface area (Å²) in [6.45, 7) is 5.92. The largest absolute Gasteiger partial charge is 0.385 e. The highest BCUT2D eigenvalue weighted by Crippen LogP contribution is 2.43. The number of rotatable bonds is 7. The lowest BCUT2D eigenvalue weighted by atomic mass is 9.67.